The van der Waals surface area contributed by atoms with Crippen LogP contribution in [-0.4, -0.2) is 84.5 Å². The van der Waals surface area contributed by atoms with Gasteiger partial charge in [0.1, 0.15) is 19.1 Å². The molecule has 4 heterocycles. The van der Waals surface area contributed by atoms with Crippen LogP contribution in [0.5, 0.6) is 0 Å². The van der Waals surface area contributed by atoms with Gasteiger partial charge < -0.3 is 15.1 Å². The number of benzene rings is 2. The van der Waals surface area contributed by atoms with Crippen molar-refractivity contribution in [3.63, 3.8) is 0 Å². The molecule has 0 aliphatic carbocycles. The molecule has 0 spiro atoms. The lowest BCUT2D eigenvalue weighted by Crippen LogP contribution is -2.61. The van der Waals surface area contributed by atoms with Gasteiger partial charge in [0.15, 0.2) is 5.15 Å². The minimum absolute atomic E-state index is 0.168. The number of carbonyl (C=O) groups excluding carboxylic acids is 3. The molecular weight excluding hydrogens is 581 g/mol. The Labute approximate surface area is 250 Å². The molecule has 0 radical (unpaired) electrons. The van der Waals surface area contributed by atoms with Gasteiger partial charge in [-0.3, -0.25) is 24.0 Å². The predicted octanol–water partition coefficient (Wildman–Crippen LogP) is 3.03. The molecule has 1 fully saturated rings. The molecule has 1 unspecified atom stereocenters. The first-order chi connectivity index (χ1) is 20.2. The van der Waals surface area contributed by atoms with Gasteiger partial charge in [0.25, 0.3) is 0 Å². The molecule has 14 heteroatoms. The fourth-order valence-electron chi connectivity index (χ4n) is 5.04. The van der Waals surface area contributed by atoms with Crippen LogP contribution in [0.1, 0.15) is 0 Å². The standard InChI is InChI=1S/C28H25Cl2N9O3/c1-35-13-18-11-20(6-7-21(18)33-35)31-28(42)24(14-36-9-3-2-4-10-36)38-17-26(40)37(16-27(38)41)23-12-19(29)5-8-22(23)39-15-25(30)32-34-39/h2-9,11-13,15,24H,10,14,16-17H2,1H3,(H,31,42). The predicted molar refractivity (Wildman–Crippen MR) is 158 cm³/mol. The van der Waals surface area contributed by atoms with Gasteiger partial charge in [-0.25, -0.2) is 4.68 Å². The summed E-state index contributed by atoms with van der Waals surface area (Å²) in [6, 6.07) is 9.34. The number of nitrogens with zero attached hydrogens (tertiary/aromatic N) is 8. The molecule has 2 aliphatic heterocycles. The molecule has 42 heavy (non-hydrogen) atoms. The number of nitrogens with one attached hydrogen (secondary N) is 1. The second kappa shape index (κ2) is 11.3. The van der Waals surface area contributed by atoms with Crippen molar-refractivity contribution in [1.82, 2.24) is 34.6 Å². The molecule has 6 rings (SSSR count). The van der Waals surface area contributed by atoms with E-state index in [-0.39, 0.29) is 30.7 Å². The topological polar surface area (TPSA) is 121 Å². The van der Waals surface area contributed by atoms with Crippen LogP contribution < -0.4 is 10.2 Å². The van der Waals surface area contributed by atoms with Crippen molar-refractivity contribution in [2.45, 2.75) is 6.04 Å². The average Bonchev–Trinajstić information content (AvgIpc) is 3.57. The van der Waals surface area contributed by atoms with Crippen LogP contribution in [-0.2, 0) is 21.4 Å². The van der Waals surface area contributed by atoms with E-state index < -0.39 is 17.9 Å². The molecule has 3 amide bonds. The van der Waals surface area contributed by atoms with E-state index in [0.717, 1.165) is 10.9 Å². The van der Waals surface area contributed by atoms with Crippen LogP contribution in [0.25, 0.3) is 16.6 Å². The lowest BCUT2D eigenvalue weighted by atomic mass is 10.1. The smallest absolute Gasteiger partial charge is 0.249 e. The van der Waals surface area contributed by atoms with Crippen molar-refractivity contribution in [3.05, 3.63) is 83.4 Å². The van der Waals surface area contributed by atoms with E-state index >= 15 is 0 Å². The van der Waals surface area contributed by atoms with Gasteiger partial charge in [0.05, 0.1) is 23.1 Å². The van der Waals surface area contributed by atoms with Crippen molar-refractivity contribution < 1.29 is 14.4 Å². The van der Waals surface area contributed by atoms with Crippen LogP contribution in [0.4, 0.5) is 11.4 Å². The van der Waals surface area contributed by atoms with Gasteiger partial charge in [-0.15, -0.1) is 5.10 Å². The van der Waals surface area contributed by atoms with E-state index in [1.54, 1.807) is 28.9 Å². The number of piperazine rings is 1. The van der Waals surface area contributed by atoms with E-state index in [1.807, 2.05) is 54.7 Å². The number of aromatic nitrogens is 5. The third-order valence-corrected chi connectivity index (χ3v) is 7.43. The summed E-state index contributed by atoms with van der Waals surface area (Å²) in [6.45, 7) is 0.156. The van der Waals surface area contributed by atoms with Gasteiger partial charge in [-0.1, -0.05) is 40.6 Å². The van der Waals surface area contributed by atoms with Crippen molar-refractivity contribution >= 4 is 63.2 Å². The number of hydrogen-bond donors (Lipinski definition) is 1. The minimum atomic E-state index is -0.947. The largest absolute Gasteiger partial charge is 0.371 e. The SMILES string of the molecule is Cn1cc2cc(NC(=O)C(CN3C=CC=CC3)N3CC(=O)N(c4cc(Cl)ccc4-n4cc(Cl)nn4)CC3=O)ccc2n1. The molecule has 2 aromatic heterocycles. The van der Waals surface area contributed by atoms with Crippen molar-refractivity contribution in [2.75, 3.05) is 36.4 Å². The maximum atomic E-state index is 13.7. The van der Waals surface area contributed by atoms with Gasteiger partial charge in [0, 0.05) is 42.4 Å². The highest BCUT2D eigenvalue weighted by Crippen LogP contribution is 2.30. The molecular formula is C28H25Cl2N9O3. The maximum Gasteiger partial charge on any atom is 0.249 e. The normalized spacial score (nSPS) is 16.0. The quantitative estimate of drug-likeness (QED) is 0.343. The monoisotopic (exact) mass is 605 g/mol. The lowest BCUT2D eigenvalue weighted by Gasteiger charge is -2.39. The Balaban J connectivity index is 1.27. The van der Waals surface area contributed by atoms with E-state index in [2.05, 4.69) is 20.7 Å². The fourth-order valence-corrected chi connectivity index (χ4v) is 5.34. The number of allylic oxidation sites excluding steroid dienone is 2. The Morgan fingerprint density at radius 2 is 1.88 bits per heavy atom. The number of fused-ring (bicyclic) bond motifs is 1. The Kier molecular flexibility index (Phi) is 7.40. The van der Waals surface area contributed by atoms with E-state index in [4.69, 9.17) is 23.2 Å². The van der Waals surface area contributed by atoms with Crippen LogP contribution in [0.15, 0.2) is 73.2 Å². The molecule has 1 atom stereocenters. The first kappa shape index (κ1) is 27.5. The summed E-state index contributed by atoms with van der Waals surface area (Å²) >= 11 is 12.2. The second-order valence-electron chi connectivity index (χ2n) is 9.93. The van der Waals surface area contributed by atoms with Crippen molar-refractivity contribution in [3.8, 4) is 5.69 Å². The van der Waals surface area contributed by atoms with E-state index in [0.29, 0.717) is 28.6 Å². The Morgan fingerprint density at radius 3 is 2.64 bits per heavy atom. The lowest BCUT2D eigenvalue weighted by molar-refractivity contribution is -0.144. The zero-order valence-electron chi connectivity index (χ0n) is 22.4. The third kappa shape index (κ3) is 5.58. The summed E-state index contributed by atoms with van der Waals surface area (Å²) in [5.41, 5.74) is 2.20. The fraction of sp³-hybridized carbons (Fsp3) is 0.214. The molecule has 0 bridgehead atoms. The van der Waals surface area contributed by atoms with E-state index in [1.165, 1.54) is 20.7 Å². The van der Waals surface area contributed by atoms with Gasteiger partial charge in [0.2, 0.25) is 17.7 Å². The highest BCUT2D eigenvalue weighted by Gasteiger charge is 2.39. The van der Waals surface area contributed by atoms with Crippen molar-refractivity contribution in [1.29, 1.82) is 0 Å². The van der Waals surface area contributed by atoms with Crippen LogP contribution in [0.2, 0.25) is 10.2 Å². The van der Waals surface area contributed by atoms with Crippen LogP contribution in [0.3, 0.4) is 0 Å². The molecule has 12 nitrogen and oxygen atoms in total. The molecule has 1 saturated heterocycles. The zero-order valence-corrected chi connectivity index (χ0v) is 23.9. The number of halogens is 2. The summed E-state index contributed by atoms with van der Waals surface area (Å²) in [5, 5.41) is 16.5. The van der Waals surface area contributed by atoms with Crippen molar-refractivity contribution in [2.24, 2.45) is 7.05 Å². The number of carbonyl (C=O) groups is 3. The number of hydrogen-bond acceptors (Lipinski definition) is 7. The highest BCUT2D eigenvalue weighted by atomic mass is 35.5. The molecule has 1 N–H and O–H groups in total. The summed E-state index contributed by atoms with van der Waals surface area (Å²) in [5.74, 6) is -1.18. The second-order valence-corrected chi connectivity index (χ2v) is 10.7. The van der Waals surface area contributed by atoms with Crippen LogP contribution >= 0.6 is 23.2 Å². The first-order valence-corrected chi connectivity index (χ1v) is 13.8. The van der Waals surface area contributed by atoms with Gasteiger partial charge in [-0.05, 0) is 48.7 Å². The van der Waals surface area contributed by atoms with Gasteiger partial charge >= 0.3 is 0 Å². The first-order valence-electron chi connectivity index (χ1n) is 13.0. The Bertz CT molecular complexity index is 1760. The molecule has 2 aliphatic rings. The number of anilines is 2. The van der Waals surface area contributed by atoms with E-state index in [9.17, 15) is 14.4 Å². The molecule has 4 aromatic rings. The minimum Gasteiger partial charge on any atom is -0.371 e. The van der Waals surface area contributed by atoms with Gasteiger partial charge in [-0.2, -0.15) is 5.10 Å². The number of amides is 3. The average molecular weight is 606 g/mol. The maximum absolute atomic E-state index is 13.7. The third-order valence-electron chi connectivity index (χ3n) is 7.02. The molecule has 0 saturated carbocycles. The molecule has 214 valence electrons. The Hall–Kier alpha value is -4.68. The number of aryl methyl sites for hydroxylation is 1. The molecule has 2 aromatic carbocycles. The van der Waals surface area contributed by atoms with Crippen LogP contribution in [0, 0.1) is 0 Å². The summed E-state index contributed by atoms with van der Waals surface area (Å²) < 4.78 is 3.10. The highest BCUT2D eigenvalue weighted by molar-refractivity contribution is 6.31. The number of rotatable bonds is 7. The summed E-state index contributed by atoms with van der Waals surface area (Å²) in [4.78, 5) is 45.6. The summed E-state index contributed by atoms with van der Waals surface area (Å²) in [7, 11) is 1.82. The zero-order chi connectivity index (χ0) is 29.4. The Morgan fingerprint density at radius 1 is 1.02 bits per heavy atom. The summed E-state index contributed by atoms with van der Waals surface area (Å²) in [6.07, 6.45) is 10.9.